The molecule has 2 atom stereocenters. The SMILES string of the molecule is CCc1ccccc1CN1CC(C)CC(N)C1. The van der Waals surface area contributed by atoms with E-state index in [-0.39, 0.29) is 0 Å². The van der Waals surface area contributed by atoms with Gasteiger partial charge in [0.15, 0.2) is 0 Å². The number of nitrogens with zero attached hydrogens (tertiary/aromatic N) is 1. The number of likely N-dealkylation sites (tertiary alicyclic amines) is 1. The van der Waals surface area contributed by atoms with Crippen molar-refractivity contribution < 1.29 is 0 Å². The summed E-state index contributed by atoms with van der Waals surface area (Å²) in [5.41, 5.74) is 9.04. The van der Waals surface area contributed by atoms with Crippen molar-refractivity contribution in [2.24, 2.45) is 11.7 Å². The van der Waals surface area contributed by atoms with Crippen LogP contribution in [-0.2, 0) is 13.0 Å². The lowest BCUT2D eigenvalue weighted by Crippen LogP contribution is -2.45. The average molecular weight is 232 g/mol. The minimum Gasteiger partial charge on any atom is -0.327 e. The maximum absolute atomic E-state index is 6.10. The van der Waals surface area contributed by atoms with E-state index in [1.165, 1.54) is 24.1 Å². The van der Waals surface area contributed by atoms with Gasteiger partial charge in [-0.25, -0.2) is 0 Å². The topological polar surface area (TPSA) is 29.3 Å². The molecule has 1 fully saturated rings. The summed E-state index contributed by atoms with van der Waals surface area (Å²) in [6, 6.07) is 9.12. The minimum atomic E-state index is 0.354. The molecule has 2 unspecified atom stereocenters. The first-order valence-electron chi connectivity index (χ1n) is 6.73. The second-order valence-electron chi connectivity index (χ2n) is 5.42. The second-order valence-corrected chi connectivity index (χ2v) is 5.42. The molecular formula is C15H24N2. The van der Waals surface area contributed by atoms with Crippen molar-refractivity contribution in [2.45, 2.75) is 39.3 Å². The number of piperidine rings is 1. The molecule has 1 aromatic rings. The van der Waals surface area contributed by atoms with Crippen LogP contribution in [0.5, 0.6) is 0 Å². The van der Waals surface area contributed by atoms with Crippen molar-refractivity contribution in [3.63, 3.8) is 0 Å². The number of hydrogen-bond acceptors (Lipinski definition) is 2. The van der Waals surface area contributed by atoms with Crippen molar-refractivity contribution >= 4 is 0 Å². The highest BCUT2D eigenvalue weighted by molar-refractivity contribution is 5.27. The quantitative estimate of drug-likeness (QED) is 0.867. The smallest absolute Gasteiger partial charge is 0.0237 e. The van der Waals surface area contributed by atoms with Crippen LogP contribution in [0.15, 0.2) is 24.3 Å². The zero-order valence-electron chi connectivity index (χ0n) is 11.0. The van der Waals surface area contributed by atoms with E-state index in [4.69, 9.17) is 5.73 Å². The molecule has 1 heterocycles. The van der Waals surface area contributed by atoms with Crippen LogP contribution >= 0.6 is 0 Å². The van der Waals surface area contributed by atoms with Gasteiger partial charge in [0.25, 0.3) is 0 Å². The lowest BCUT2D eigenvalue weighted by molar-refractivity contribution is 0.158. The number of aryl methyl sites for hydroxylation is 1. The van der Waals surface area contributed by atoms with Crippen LogP contribution in [0.1, 0.15) is 31.4 Å². The zero-order chi connectivity index (χ0) is 12.3. The van der Waals surface area contributed by atoms with E-state index < -0.39 is 0 Å². The van der Waals surface area contributed by atoms with Crippen LogP contribution in [0.3, 0.4) is 0 Å². The molecule has 94 valence electrons. The Morgan fingerprint density at radius 2 is 1.94 bits per heavy atom. The molecule has 2 N–H and O–H groups in total. The van der Waals surface area contributed by atoms with Gasteiger partial charge >= 0.3 is 0 Å². The van der Waals surface area contributed by atoms with E-state index in [0.29, 0.717) is 6.04 Å². The molecule has 0 radical (unpaired) electrons. The molecule has 2 nitrogen and oxygen atoms in total. The summed E-state index contributed by atoms with van der Waals surface area (Å²) in [6.07, 6.45) is 2.29. The fraction of sp³-hybridized carbons (Fsp3) is 0.600. The van der Waals surface area contributed by atoms with E-state index in [1.54, 1.807) is 0 Å². The molecule has 0 aliphatic carbocycles. The summed E-state index contributed by atoms with van der Waals surface area (Å²) >= 11 is 0. The van der Waals surface area contributed by atoms with Crippen LogP contribution < -0.4 is 5.73 Å². The molecule has 2 heteroatoms. The fourth-order valence-electron chi connectivity index (χ4n) is 2.94. The van der Waals surface area contributed by atoms with Crippen LogP contribution in [0.25, 0.3) is 0 Å². The van der Waals surface area contributed by atoms with Crippen LogP contribution in [0, 0.1) is 5.92 Å². The Morgan fingerprint density at radius 1 is 1.24 bits per heavy atom. The van der Waals surface area contributed by atoms with Crippen LogP contribution in [-0.4, -0.2) is 24.0 Å². The van der Waals surface area contributed by atoms with E-state index >= 15 is 0 Å². The predicted octanol–water partition coefficient (Wildman–Crippen LogP) is 2.42. The Balaban J connectivity index is 2.04. The average Bonchev–Trinajstić information content (AvgIpc) is 2.28. The highest BCUT2D eigenvalue weighted by Gasteiger charge is 2.22. The third-order valence-electron chi connectivity index (χ3n) is 3.66. The third kappa shape index (κ3) is 3.30. The molecule has 0 saturated carbocycles. The number of benzene rings is 1. The maximum Gasteiger partial charge on any atom is 0.0237 e. The van der Waals surface area contributed by atoms with Gasteiger partial charge in [0, 0.05) is 25.7 Å². The van der Waals surface area contributed by atoms with Crippen molar-refractivity contribution in [2.75, 3.05) is 13.1 Å². The predicted molar refractivity (Wildman–Crippen MR) is 72.9 cm³/mol. The van der Waals surface area contributed by atoms with Gasteiger partial charge in [0.2, 0.25) is 0 Å². The molecule has 0 aromatic heterocycles. The van der Waals surface area contributed by atoms with Crippen LogP contribution in [0.4, 0.5) is 0 Å². The van der Waals surface area contributed by atoms with Gasteiger partial charge in [0.05, 0.1) is 0 Å². The molecule has 0 spiro atoms. The zero-order valence-corrected chi connectivity index (χ0v) is 11.0. The Labute approximate surface area is 105 Å². The van der Waals surface area contributed by atoms with Crippen molar-refractivity contribution in [3.8, 4) is 0 Å². The summed E-state index contributed by atoms with van der Waals surface area (Å²) in [6.45, 7) is 7.82. The molecular weight excluding hydrogens is 208 g/mol. The van der Waals surface area contributed by atoms with Gasteiger partial charge in [-0.2, -0.15) is 0 Å². The van der Waals surface area contributed by atoms with E-state index in [2.05, 4.69) is 43.0 Å². The highest BCUT2D eigenvalue weighted by atomic mass is 15.1. The fourth-order valence-corrected chi connectivity index (χ4v) is 2.94. The lowest BCUT2D eigenvalue weighted by atomic mass is 9.95. The summed E-state index contributed by atoms with van der Waals surface area (Å²) in [7, 11) is 0. The van der Waals surface area contributed by atoms with Crippen molar-refractivity contribution in [1.82, 2.24) is 4.90 Å². The molecule has 0 bridgehead atoms. The molecule has 1 aliphatic rings. The highest BCUT2D eigenvalue weighted by Crippen LogP contribution is 2.19. The third-order valence-corrected chi connectivity index (χ3v) is 3.66. The van der Waals surface area contributed by atoms with E-state index in [0.717, 1.165) is 25.4 Å². The standard InChI is InChI=1S/C15H24N2/c1-3-13-6-4-5-7-14(13)10-17-9-12(2)8-15(16)11-17/h4-7,12,15H,3,8-11,16H2,1-2H3. The summed E-state index contributed by atoms with van der Waals surface area (Å²) in [5, 5.41) is 0. The summed E-state index contributed by atoms with van der Waals surface area (Å²) in [4.78, 5) is 2.51. The Kier molecular flexibility index (Phi) is 4.19. The van der Waals surface area contributed by atoms with Gasteiger partial charge < -0.3 is 5.73 Å². The Morgan fingerprint density at radius 3 is 2.59 bits per heavy atom. The van der Waals surface area contributed by atoms with Crippen molar-refractivity contribution in [3.05, 3.63) is 35.4 Å². The van der Waals surface area contributed by atoms with Gasteiger partial charge in [-0.15, -0.1) is 0 Å². The lowest BCUT2D eigenvalue weighted by Gasteiger charge is -2.35. The minimum absolute atomic E-state index is 0.354. The molecule has 0 amide bonds. The Hall–Kier alpha value is -0.860. The number of rotatable bonds is 3. The summed E-state index contributed by atoms with van der Waals surface area (Å²) in [5.74, 6) is 0.729. The molecule has 17 heavy (non-hydrogen) atoms. The van der Waals surface area contributed by atoms with Gasteiger partial charge in [-0.1, -0.05) is 38.1 Å². The first-order chi connectivity index (χ1) is 8.19. The van der Waals surface area contributed by atoms with Crippen LogP contribution in [0.2, 0.25) is 0 Å². The molecule has 1 aliphatic heterocycles. The largest absolute Gasteiger partial charge is 0.327 e. The van der Waals surface area contributed by atoms with Gasteiger partial charge in [-0.05, 0) is 29.9 Å². The number of hydrogen-bond donors (Lipinski definition) is 1. The summed E-state index contributed by atoms with van der Waals surface area (Å²) < 4.78 is 0. The van der Waals surface area contributed by atoms with E-state index in [9.17, 15) is 0 Å². The monoisotopic (exact) mass is 232 g/mol. The second kappa shape index (κ2) is 5.65. The van der Waals surface area contributed by atoms with Gasteiger partial charge in [-0.3, -0.25) is 4.90 Å². The first kappa shape index (κ1) is 12.6. The van der Waals surface area contributed by atoms with Crippen molar-refractivity contribution in [1.29, 1.82) is 0 Å². The molecule has 1 aromatic carbocycles. The first-order valence-corrected chi connectivity index (χ1v) is 6.73. The normalized spacial score (nSPS) is 26.1. The number of nitrogens with two attached hydrogens (primary N) is 1. The molecule has 1 saturated heterocycles. The van der Waals surface area contributed by atoms with Gasteiger partial charge in [0.1, 0.15) is 0 Å². The maximum atomic E-state index is 6.10. The Bertz CT molecular complexity index is 352. The van der Waals surface area contributed by atoms with E-state index in [1.807, 2.05) is 0 Å². The molecule has 2 rings (SSSR count).